The van der Waals surface area contributed by atoms with Gasteiger partial charge in [-0.3, -0.25) is 9.69 Å². The first-order chi connectivity index (χ1) is 17.6. The van der Waals surface area contributed by atoms with Gasteiger partial charge in [0.1, 0.15) is 23.8 Å². The third-order valence-corrected chi connectivity index (χ3v) is 6.49. The second-order valence-corrected chi connectivity index (χ2v) is 9.31. The average Bonchev–Trinajstić information content (AvgIpc) is 3.24. The molecular weight excluding hydrogens is 485 g/mol. The monoisotopic (exact) mass is 516 g/mol. The van der Waals surface area contributed by atoms with Crippen LogP contribution in [0.15, 0.2) is 46.9 Å². The van der Waals surface area contributed by atoms with E-state index in [2.05, 4.69) is 16.0 Å². The summed E-state index contributed by atoms with van der Waals surface area (Å²) in [5.41, 5.74) is 2.43. The Morgan fingerprint density at radius 2 is 1.92 bits per heavy atom. The lowest BCUT2D eigenvalue weighted by Crippen LogP contribution is -2.38. The van der Waals surface area contributed by atoms with Crippen molar-refractivity contribution >= 4 is 5.97 Å². The molecule has 1 unspecified atom stereocenters. The first-order valence-electron chi connectivity index (χ1n) is 12.4. The Bertz CT molecular complexity index is 1220. The molecule has 1 aromatic heterocycles. The van der Waals surface area contributed by atoms with Crippen molar-refractivity contribution < 1.29 is 31.9 Å². The van der Waals surface area contributed by atoms with Crippen LogP contribution in [0.4, 0.5) is 13.2 Å². The summed E-state index contributed by atoms with van der Waals surface area (Å²) in [5.74, 6) is 1.32. The van der Waals surface area contributed by atoms with Crippen molar-refractivity contribution in [1.29, 1.82) is 0 Å². The highest BCUT2D eigenvalue weighted by Crippen LogP contribution is 2.31. The van der Waals surface area contributed by atoms with Crippen LogP contribution in [0.1, 0.15) is 47.9 Å². The van der Waals surface area contributed by atoms with Crippen LogP contribution < -0.4 is 4.74 Å². The zero-order valence-corrected chi connectivity index (χ0v) is 21.2. The molecule has 0 spiro atoms. The number of nitrogens with zero attached hydrogens (tertiary/aromatic N) is 2. The van der Waals surface area contributed by atoms with E-state index in [1.54, 1.807) is 6.92 Å². The normalized spacial score (nSPS) is 16.5. The largest absolute Gasteiger partial charge is 0.487 e. The van der Waals surface area contributed by atoms with Gasteiger partial charge in [0.25, 0.3) is 0 Å². The number of alkyl halides is 3. The van der Waals surface area contributed by atoms with Crippen LogP contribution in [-0.4, -0.2) is 35.5 Å². The van der Waals surface area contributed by atoms with Gasteiger partial charge in [-0.25, -0.2) is 4.98 Å². The molecule has 9 heteroatoms. The molecule has 0 aliphatic carbocycles. The van der Waals surface area contributed by atoms with Gasteiger partial charge < -0.3 is 13.9 Å². The van der Waals surface area contributed by atoms with E-state index in [9.17, 15) is 18.0 Å². The number of ether oxygens (including phenoxy) is 2. The first kappa shape index (κ1) is 26.7. The van der Waals surface area contributed by atoms with Gasteiger partial charge >= 0.3 is 12.1 Å². The number of piperidine rings is 1. The molecule has 0 N–H and O–H groups in total. The quantitative estimate of drug-likeness (QED) is 0.326. The number of aryl methyl sites for hydroxylation is 2. The fraction of sp³-hybridized carbons (Fsp3) is 0.429. The van der Waals surface area contributed by atoms with E-state index in [1.165, 1.54) is 12.1 Å². The highest BCUT2D eigenvalue weighted by atomic mass is 19.4. The van der Waals surface area contributed by atoms with Crippen LogP contribution in [0.5, 0.6) is 5.75 Å². The number of carbonyl (C=O) groups is 1. The van der Waals surface area contributed by atoms with E-state index in [-0.39, 0.29) is 24.4 Å². The lowest BCUT2D eigenvalue weighted by atomic mass is 9.97. The zero-order chi connectivity index (χ0) is 26.6. The maximum Gasteiger partial charge on any atom is 0.416 e. The summed E-state index contributed by atoms with van der Waals surface area (Å²) in [6.07, 6.45) is -2.56. The molecule has 6 nitrogen and oxygen atoms in total. The van der Waals surface area contributed by atoms with Crippen molar-refractivity contribution in [2.45, 2.75) is 52.9 Å². The number of oxazole rings is 1. The number of benzene rings is 2. The Morgan fingerprint density at radius 3 is 2.59 bits per heavy atom. The molecule has 1 aliphatic rings. The van der Waals surface area contributed by atoms with Gasteiger partial charge in [0.15, 0.2) is 0 Å². The van der Waals surface area contributed by atoms with Crippen LogP contribution in [0.2, 0.25) is 0 Å². The fourth-order valence-corrected chi connectivity index (χ4v) is 4.51. The Balaban J connectivity index is 1.36. The van der Waals surface area contributed by atoms with Crippen LogP contribution in [0.3, 0.4) is 0 Å². The molecule has 1 saturated heterocycles. The van der Waals surface area contributed by atoms with Gasteiger partial charge in [-0.15, -0.1) is 0 Å². The Labute approximate surface area is 214 Å². The summed E-state index contributed by atoms with van der Waals surface area (Å²) in [6, 6.07) is 10.7. The van der Waals surface area contributed by atoms with Crippen molar-refractivity contribution in [3.05, 3.63) is 70.6 Å². The number of esters is 1. The summed E-state index contributed by atoms with van der Waals surface area (Å²) in [6.45, 7) is 8.51. The minimum Gasteiger partial charge on any atom is -0.487 e. The van der Waals surface area contributed by atoms with E-state index >= 15 is 0 Å². The minimum absolute atomic E-state index is 0.0735. The molecule has 1 aliphatic heterocycles. The number of aromatic nitrogens is 1. The summed E-state index contributed by atoms with van der Waals surface area (Å²) >= 11 is 0. The van der Waals surface area contributed by atoms with E-state index in [0.29, 0.717) is 35.9 Å². The fourth-order valence-electron chi connectivity index (χ4n) is 4.51. The Morgan fingerprint density at radius 1 is 1.16 bits per heavy atom. The van der Waals surface area contributed by atoms with Crippen molar-refractivity contribution in [3.8, 4) is 17.2 Å². The highest BCUT2D eigenvalue weighted by Gasteiger charge is 2.30. The van der Waals surface area contributed by atoms with Gasteiger partial charge in [-0.05, 0) is 81.6 Å². The molecule has 0 amide bonds. The van der Waals surface area contributed by atoms with Crippen LogP contribution in [0, 0.1) is 19.8 Å². The minimum atomic E-state index is -4.39. The molecule has 198 valence electrons. The molecule has 4 rings (SSSR count). The molecule has 0 radical (unpaired) electrons. The molecule has 1 fully saturated rings. The average molecular weight is 517 g/mol. The molecule has 3 aromatic rings. The number of halogens is 3. The van der Waals surface area contributed by atoms with Crippen LogP contribution >= 0.6 is 0 Å². The summed E-state index contributed by atoms with van der Waals surface area (Å²) in [7, 11) is 0. The second kappa shape index (κ2) is 11.4. The van der Waals surface area contributed by atoms with Gasteiger partial charge in [-0.1, -0.05) is 12.1 Å². The smallest absolute Gasteiger partial charge is 0.416 e. The predicted molar refractivity (Wildman–Crippen MR) is 132 cm³/mol. The van der Waals surface area contributed by atoms with Crippen molar-refractivity contribution in [2.75, 3.05) is 19.7 Å². The molecule has 2 heterocycles. The third kappa shape index (κ3) is 6.71. The van der Waals surface area contributed by atoms with Crippen molar-refractivity contribution in [2.24, 2.45) is 5.92 Å². The lowest BCUT2D eigenvalue weighted by Gasteiger charge is -2.31. The molecule has 0 saturated carbocycles. The van der Waals surface area contributed by atoms with E-state index in [4.69, 9.17) is 13.9 Å². The number of carbonyl (C=O) groups excluding carboxylic acids is 1. The summed E-state index contributed by atoms with van der Waals surface area (Å²) < 4.78 is 55.3. The predicted octanol–water partition coefficient (Wildman–Crippen LogP) is 6.33. The van der Waals surface area contributed by atoms with E-state index in [0.717, 1.165) is 49.2 Å². The molecular formula is C28H31F3N2O4. The Hall–Kier alpha value is -3.33. The number of rotatable bonds is 8. The van der Waals surface area contributed by atoms with E-state index in [1.807, 2.05) is 26.0 Å². The molecule has 37 heavy (non-hydrogen) atoms. The first-order valence-corrected chi connectivity index (χ1v) is 12.4. The molecule has 2 aromatic carbocycles. The lowest BCUT2D eigenvalue weighted by molar-refractivity contribution is -0.150. The standard InChI is InChI=1S/C28H31F3N2O4/c1-4-35-27(34)22-6-5-13-33(16-22)15-20-7-12-25(18(2)14-20)36-17-24-19(3)37-26(32-24)21-8-10-23(11-9-21)28(29,30)31/h7-12,14,22H,4-6,13,15-17H2,1-3H3. The number of likely N-dealkylation sites (tertiary alicyclic amines) is 1. The van der Waals surface area contributed by atoms with Crippen molar-refractivity contribution in [1.82, 2.24) is 9.88 Å². The Kier molecular flexibility index (Phi) is 8.22. The molecule has 1 atom stereocenters. The van der Waals surface area contributed by atoms with Gasteiger partial charge in [0.2, 0.25) is 5.89 Å². The topological polar surface area (TPSA) is 64.8 Å². The molecule has 0 bridgehead atoms. The summed E-state index contributed by atoms with van der Waals surface area (Å²) in [5, 5.41) is 0. The van der Waals surface area contributed by atoms with Crippen LogP contribution in [0.25, 0.3) is 11.5 Å². The highest BCUT2D eigenvalue weighted by molar-refractivity contribution is 5.72. The van der Waals surface area contributed by atoms with Gasteiger partial charge in [0, 0.05) is 18.7 Å². The summed E-state index contributed by atoms with van der Waals surface area (Å²) in [4.78, 5) is 18.8. The van der Waals surface area contributed by atoms with Crippen molar-refractivity contribution in [3.63, 3.8) is 0 Å². The maximum atomic E-state index is 12.8. The third-order valence-electron chi connectivity index (χ3n) is 6.49. The SMILES string of the molecule is CCOC(=O)C1CCCN(Cc2ccc(OCc3nc(-c4ccc(C(F)(F)F)cc4)oc3C)c(C)c2)C1. The second-order valence-electron chi connectivity index (χ2n) is 9.31. The maximum absolute atomic E-state index is 12.8. The van der Waals surface area contributed by atoms with E-state index < -0.39 is 11.7 Å². The zero-order valence-electron chi connectivity index (χ0n) is 21.2. The van der Waals surface area contributed by atoms with Crippen LogP contribution in [-0.2, 0) is 28.9 Å². The number of hydrogen-bond acceptors (Lipinski definition) is 6. The van der Waals surface area contributed by atoms with Gasteiger partial charge in [0.05, 0.1) is 18.1 Å². The number of hydrogen-bond donors (Lipinski definition) is 0. The van der Waals surface area contributed by atoms with Gasteiger partial charge in [-0.2, -0.15) is 13.2 Å².